The normalized spacial score (nSPS) is 18.9. The van der Waals surface area contributed by atoms with E-state index in [2.05, 4.69) is 9.88 Å². The van der Waals surface area contributed by atoms with Gasteiger partial charge in [-0.15, -0.1) is 11.3 Å². The zero-order chi connectivity index (χ0) is 15.2. The second-order valence-electron chi connectivity index (χ2n) is 5.32. The summed E-state index contributed by atoms with van der Waals surface area (Å²) in [6.07, 6.45) is 3.35. The maximum absolute atomic E-state index is 12.9. The molecule has 0 aromatic carbocycles. The van der Waals surface area contributed by atoms with Crippen molar-refractivity contribution in [2.75, 3.05) is 27.2 Å². The zero-order valence-electron chi connectivity index (χ0n) is 11.9. The largest absolute Gasteiger partial charge is 0.306 e. The second-order valence-corrected chi connectivity index (χ2v) is 8.46. The van der Waals surface area contributed by atoms with Crippen LogP contribution in [0.1, 0.15) is 12.8 Å². The Morgan fingerprint density at radius 2 is 2.10 bits per heavy atom. The number of piperidine rings is 1. The molecule has 2 aromatic heterocycles. The summed E-state index contributed by atoms with van der Waals surface area (Å²) in [4.78, 5) is 6.91. The van der Waals surface area contributed by atoms with Gasteiger partial charge in [-0.3, -0.25) is 4.40 Å². The molecule has 1 saturated heterocycles. The van der Waals surface area contributed by atoms with Crippen molar-refractivity contribution in [2.24, 2.45) is 0 Å². The van der Waals surface area contributed by atoms with Crippen molar-refractivity contribution < 1.29 is 8.42 Å². The van der Waals surface area contributed by atoms with Crippen LogP contribution in [0.3, 0.4) is 0 Å². The Morgan fingerprint density at radius 1 is 1.43 bits per heavy atom. The first-order valence-corrected chi connectivity index (χ1v) is 9.38. The number of hydrogen-bond donors (Lipinski definition) is 0. The molecule has 116 valence electrons. The van der Waals surface area contributed by atoms with Gasteiger partial charge in [0, 0.05) is 24.7 Å². The van der Waals surface area contributed by atoms with Gasteiger partial charge < -0.3 is 4.90 Å². The van der Waals surface area contributed by atoms with Crippen molar-refractivity contribution in [2.45, 2.75) is 23.9 Å². The number of fused-ring (bicyclic) bond motifs is 1. The summed E-state index contributed by atoms with van der Waals surface area (Å²) < 4.78 is 28.8. The molecular weight excluding hydrogens is 332 g/mol. The van der Waals surface area contributed by atoms with E-state index in [0.29, 0.717) is 4.96 Å². The van der Waals surface area contributed by atoms with Gasteiger partial charge in [0.25, 0.3) is 10.0 Å². The van der Waals surface area contributed by atoms with Crippen LogP contribution in [-0.2, 0) is 10.0 Å². The maximum atomic E-state index is 12.9. The van der Waals surface area contributed by atoms with E-state index in [-0.39, 0.29) is 16.2 Å². The topological polar surface area (TPSA) is 57.9 Å². The number of rotatable bonds is 3. The van der Waals surface area contributed by atoms with E-state index < -0.39 is 10.0 Å². The van der Waals surface area contributed by atoms with Gasteiger partial charge in [0.05, 0.1) is 0 Å². The van der Waals surface area contributed by atoms with Gasteiger partial charge in [-0.2, -0.15) is 4.31 Å². The molecule has 0 atom stereocenters. The highest BCUT2D eigenvalue weighted by Gasteiger charge is 2.34. The molecule has 1 fully saturated rings. The molecule has 0 aliphatic carbocycles. The van der Waals surface area contributed by atoms with Gasteiger partial charge in [0.1, 0.15) is 0 Å². The molecule has 3 rings (SSSR count). The van der Waals surface area contributed by atoms with Crippen LogP contribution < -0.4 is 0 Å². The summed E-state index contributed by atoms with van der Waals surface area (Å²) in [5, 5.41) is 1.91. The van der Waals surface area contributed by atoms with E-state index in [1.807, 2.05) is 7.05 Å². The van der Waals surface area contributed by atoms with E-state index in [0.717, 1.165) is 25.9 Å². The molecule has 1 aliphatic rings. The number of thiazole rings is 1. The molecule has 9 heteroatoms. The maximum Gasteiger partial charge on any atom is 0.262 e. The van der Waals surface area contributed by atoms with Crippen LogP contribution >= 0.6 is 22.9 Å². The van der Waals surface area contributed by atoms with E-state index in [1.165, 1.54) is 15.6 Å². The summed E-state index contributed by atoms with van der Waals surface area (Å²) in [6, 6.07) is 0.00597. The lowest BCUT2D eigenvalue weighted by Crippen LogP contribution is -2.44. The lowest BCUT2D eigenvalue weighted by atomic mass is 10.1. The molecule has 0 radical (unpaired) electrons. The molecule has 2 aromatic rings. The Hall–Kier alpha value is -0.670. The minimum absolute atomic E-state index is 0.00597. The van der Waals surface area contributed by atoms with Crippen molar-refractivity contribution in [1.82, 2.24) is 18.6 Å². The smallest absolute Gasteiger partial charge is 0.262 e. The first kappa shape index (κ1) is 15.2. The quantitative estimate of drug-likeness (QED) is 0.848. The zero-order valence-corrected chi connectivity index (χ0v) is 14.2. The lowest BCUT2D eigenvalue weighted by Gasteiger charge is -2.34. The van der Waals surface area contributed by atoms with E-state index >= 15 is 0 Å². The number of imidazole rings is 1. The van der Waals surface area contributed by atoms with Crippen LogP contribution in [0.2, 0.25) is 5.15 Å². The van der Waals surface area contributed by atoms with Crippen LogP contribution in [0, 0.1) is 0 Å². The summed E-state index contributed by atoms with van der Waals surface area (Å²) in [5.41, 5.74) is 0. The Bertz CT molecular complexity index is 746. The van der Waals surface area contributed by atoms with Gasteiger partial charge in [0.15, 0.2) is 15.1 Å². The fraction of sp³-hybridized carbons (Fsp3) is 0.583. The molecule has 0 spiro atoms. The third-order valence-electron chi connectivity index (χ3n) is 4.00. The Labute approximate surface area is 133 Å². The first-order chi connectivity index (χ1) is 9.91. The number of hydrogen-bond acceptors (Lipinski definition) is 5. The number of nitrogens with zero attached hydrogens (tertiary/aromatic N) is 4. The average Bonchev–Trinajstić information content (AvgIpc) is 2.98. The van der Waals surface area contributed by atoms with Crippen molar-refractivity contribution in [3.8, 4) is 0 Å². The number of aromatic nitrogens is 2. The van der Waals surface area contributed by atoms with Crippen LogP contribution in [-0.4, -0.2) is 60.2 Å². The van der Waals surface area contributed by atoms with Crippen LogP contribution in [0.25, 0.3) is 4.96 Å². The summed E-state index contributed by atoms with van der Waals surface area (Å²) in [7, 11) is 0.0315. The third kappa shape index (κ3) is 2.59. The highest BCUT2D eigenvalue weighted by molar-refractivity contribution is 7.89. The predicted molar refractivity (Wildman–Crippen MR) is 83.5 cm³/mol. The van der Waals surface area contributed by atoms with E-state index in [4.69, 9.17) is 11.6 Å². The van der Waals surface area contributed by atoms with Crippen molar-refractivity contribution in [3.05, 3.63) is 16.7 Å². The standard InChI is InChI=1S/C12H17ClN4O2S2/c1-15-5-3-9(4-6-15)16(2)21(18,19)11-10(13)14-12-17(11)7-8-20-12/h7-9H,3-6H2,1-2H3. The molecule has 0 N–H and O–H groups in total. The summed E-state index contributed by atoms with van der Waals surface area (Å²) in [5.74, 6) is 0. The molecule has 3 heterocycles. The number of halogens is 1. The fourth-order valence-corrected chi connectivity index (χ4v) is 5.48. The molecule has 21 heavy (non-hydrogen) atoms. The fourth-order valence-electron chi connectivity index (χ4n) is 2.66. The summed E-state index contributed by atoms with van der Waals surface area (Å²) >= 11 is 7.42. The minimum Gasteiger partial charge on any atom is -0.306 e. The molecule has 0 saturated carbocycles. The monoisotopic (exact) mass is 348 g/mol. The molecule has 6 nitrogen and oxygen atoms in total. The first-order valence-electron chi connectivity index (χ1n) is 6.69. The van der Waals surface area contributed by atoms with Crippen molar-refractivity contribution in [1.29, 1.82) is 0 Å². The van der Waals surface area contributed by atoms with Crippen molar-refractivity contribution in [3.63, 3.8) is 0 Å². The van der Waals surface area contributed by atoms with Crippen molar-refractivity contribution >= 4 is 37.9 Å². The second kappa shape index (κ2) is 5.51. The SMILES string of the molecule is CN1CCC(N(C)S(=O)(=O)c2c(Cl)nc3sccn23)CC1. The Morgan fingerprint density at radius 3 is 2.76 bits per heavy atom. The van der Waals surface area contributed by atoms with Crippen LogP contribution in [0.15, 0.2) is 16.6 Å². The summed E-state index contributed by atoms with van der Waals surface area (Å²) in [6.45, 7) is 1.80. The van der Waals surface area contributed by atoms with Gasteiger partial charge in [-0.1, -0.05) is 11.6 Å². The van der Waals surface area contributed by atoms with Gasteiger partial charge in [0.2, 0.25) is 0 Å². The predicted octanol–water partition coefficient (Wildman–Crippen LogP) is 1.76. The molecule has 0 unspecified atom stereocenters. The van der Waals surface area contributed by atoms with E-state index in [1.54, 1.807) is 23.0 Å². The lowest BCUT2D eigenvalue weighted by molar-refractivity contribution is 0.197. The van der Waals surface area contributed by atoms with Gasteiger partial charge >= 0.3 is 0 Å². The highest BCUT2D eigenvalue weighted by atomic mass is 35.5. The Balaban J connectivity index is 1.96. The molecular formula is C12H17ClN4O2S2. The van der Waals surface area contributed by atoms with E-state index in [9.17, 15) is 8.42 Å². The third-order valence-corrected chi connectivity index (χ3v) is 7.07. The Kier molecular flexibility index (Phi) is 4.00. The highest BCUT2D eigenvalue weighted by Crippen LogP contribution is 2.29. The molecule has 0 bridgehead atoms. The van der Waals surface area contributed by atoms with Crippen LogP contribution in [0.5, 0.6) is 0 Å². The molecule has 0 amide bonds. The molecule has 1 aliphatic heterocycles. The number of likely N-dealkylation sites (tertiary alicyclic amines) is 1. The average molecular weight is 349 g/mol. The van der Waals surface area contributed by atoms with Gasteiger partial charge in [-0.25, -0.2) is 13.4 Å². The number of sulfonamides is 1. The minimum atomic E-state index is -3.65. The van der Waals surface area contributed by atoms with Crippen LogP contribution in [0.4, 0.5) is 0 Å². The van der Waals surface area contributed by atoms with Gasteiger partial charge in [-0.05, 0) is 33.0 Å².